The van der Waals surface area contributed by atoms with Gasteiger partial charge in [-0.25, -0.2) is 4.39 Å². The summed E-state index contributed by atoms with van der Waals surface area (Å²) in [7, 11) is -0.755. The zero-order chi connectivity index (χ0) is 19.4. The van der Waals surface area contributed by atoms with Crippen LogP contribution in [-0.4, -0.2) is 22.0 Å². The van der Waals surface area contributed by atoms with E-state index in [0.717, 1.165) is 36.1 Å². The number of benzene rings is 2. The Labute approximate surface area is 164 Å². The van der Waals surface area contributed by atoms with Crippen molar-refractivity contribution < 1.29 is 13.9 Å². The number of fused-ring (bicyclic) bond motifs is 1. The van der Waals surface area contributed by atoms with Gasteiger partial charge in [0.15, 0.2) is 11.6 Å². The van der Waals surface area contributed by atoms with Crippen LogP contribution in [0, 0.1) is 11.7 Å². The second kappa shape index (κ2) is 8.57. The fraction of sp³-hybridized carbons (Fsp3) is 0.478. The molecule has 146 valence electrons. The lowest BCUT2D eigenvalue weighted by Crippen LogP contribution is -2.27. The zero-order valence-electron chi connectivity index (χ0n) is 16.9. The van der Waals surface area contributed by atoms with E-state index >= 15 is 0 Å². The van der Waals surface area contributed by atoms with Gasteiger partial charge >= 0.3 is 0 Å². The van der Waals surface area contributed by atoms with E-state index in [1.807, 2.05) is 36.4 Å². The number of hydrogen-bond acceptors (Lipinski definition) is 2. The van der Waals surface area contributed by atoms with Crippen molar-refractivity contribution in [3.05, 3.63) is 65.0 Å². The number of ether oxygens (including phenoxy) is 2. The average molecular weight is 387 g/mol. The smallest absolute Gasteiger partial charge is 0.168 e. The van der Waals surface area contributed by atoms with Gasteiger partial charge in [-0.1, -0.05) is 63.3 Å². The number of hydrogen-bond donors (Lipinski definition) is 0. The molecule has 2 aromatic carbocycles. The summed E-state index contributed by atoms with van der Waals surface area (Å²) in [6, 6.07) is 13.7. The first kappa shape index (κ1) is 20.1. The highest BCUT2D eigenvalue weighted by atomic mass is 28.3. The van der Waals surface area contributed by atoms with E-state index in [0.29, 0.717) is 29.9 Å². The Hall–Kier alpha value is -1.65. The molecule has 2 aromatic rings. The molecule has 0 heterocycles. The maximum Gasteiger partial charge on any atom is 0.168 e. The van der Waals surface area contributed by atoms with Gasteiger partial charge in [0.1, 0.15) is 6.61 Å². The molecule has 0 radical (unpaired) electrons. The Kier molecular flexibility index (Phi) is 6.38. The van der Waals surface area contributed by atoms with Crippen LogP contribution in [0.1, 0.15) is 30.5 Å². The first-order chi connectivity index (χ1) is 12.9. The molecule has 27 heavy (non-hydrogen) atoms. The van der Waals surface area contributed by atoms with Crippen molar-refractivity contribution in [2.45, 2.75) is 51.4 Å². The van der Waals surface area contributed by atoms with Crippen LogP contribution in [0.4, 0.5) is 4.39 Å². The molecule has 1 unspecified atom stereocenters. The lowest BCUT2D eigenvalue weighted by molar-refractivity contribution is 0.0851. The van der Waals surface area contributed by atoms with Gasteiger partial charge in [-0.15, -0.1) is 0 Å². The molecule has 0 fully saturated rings. The van der Waals surface area contributed by atoms with E-state index in [9.17, 15) is 4.39 Å². The fourth-order valence-electron chi connectivity index (χ4n) is 3.34. The fourth-order valence-corrected chi connectivity index (χ4v) is 3.79. The Balaban J connectivity index is 1.56. The van der Waals surface area contributed by atoms with Crippen molar-refractivity contribution >= 4 is 8.80 Å². The number of halogens is 1. The second-order valence-electron chi connectivity index (χ2n) is 8.72. The molecule has 0 aliphatic heterocycles. The van der Waals surface area contributed by atoms with Gasteiger partial charge in [-0.2, -0.15) is 0 Å². The van der Waals surface area contributed by atoms with Crippen LogP contribution in [0.2, 0.25) is 18.1 Å². The van der Waals surface area contributed by atoms with Gasteiger partial charge in [-0.3, -0.25) is 0 Å². The van der Waals surface area contributed by atoms with Crippen LogP contribution in [0.3, 0.4) is 0 Å². The second-order valence-corrected chi connectivity index (χ2v) is 12.6. The summed E-state index contributed by atoms with van der Waals surface area (Å²) in [6.07, 6.45) is 1.63. The molecule has 1 aliphatic rings. The third kappa shape index (κ3) is 4.99. The molecule has 0 spiro atoms. The summed E-state index contributed by atoms with van der Waals surface area (Å²) in [4.78, 5) is 0. The van der Waals surface area contributed by atoms with Crippen molar-refractivity contribution in [2.75, 3.05) is 13.2 Å². The van der Waals surface area contributed by atoms with Crippen molar-refractivity contribution in [3.63, 3.8) is 0 Å². The first-order valence-electron chi connectivity index (χ1n) is 9.91. The van der Waals surface area contributed by atoms with Gasteiger partial charge in [0, 0.05) is 15.4 Å². The summed E-state index contributed by atoms with van der Waals surface area (Å²) >= 11 is 0. The van der Waals surface area contributed by atoms with Crippen molar-refractivity contribution in [2.24, 2.45) is 5.92 Å². The van der Waals surface area contributed by atoms with E-state index in [-0.39, 0.29) is 5.82 Å². The topological polar surface area (TPSA) is 18.5 Å². The van der Waals surface area contributed by atoms with Crippen molar-refractivity contribution in [1.82, 2.24) is 0 Å². The zero-order valence-corrected chi connectivity index (χ0v) is 18.1. The van der Waals surface area contributed by atoms with Crippen molar-refractivity contribution in [3.8, 4) is 5.75 Å². The highest BCUT2D eigenvalue weighted by Crippen LogP contribution is 2.35. The minimum atomic E-state index is -0.755. The maximum absolute atomic E-state index is 14.9. The summed E-state index contributed by atoms with van der Waals surface area (Å²) in [5.74, 6) is 0.524. The molecular weight excluding hydrogens is 355 g/mol. The molecule has 2 nitrogen and oxygen atoms in total. The lowest BCUT2D eigenvalue weighted by Gasteiger charge is -2.28. The summed E-state index contributed by atoms with van der Waals surface area (Å²) < 4.78 is 26.7. The third-order valence-corrected chi connectivity index (χ3v) is 9.23. The minimum Gasteiger partial charge on any atom is -0.486 e. The van der Waals surface area contributed by atoms with Crippen LogP contribution in [0.25, 0.3) is 0 Å². The van der Waals surface area contributed by atoms with Crippen LogP contribution in [0.5, 0.6) is 5.75 Å². The van der Waals surface area contributed by atoms with Gasteiger partial charge in [0.25, 0.3) is 0 Å². The molecule has 1 atom stereocenters. The predicted molar refractivity (Wildman–Crippen MR) is 112 cm³/mol. The maximum atomic E-state index is 14.9. The van der Waals surface area contributed by atoms with Crippen LogP contribution >= 0.6 is 0 Å². The molecule has 1 aliphatic carbocycles. The molecular formula is C23H31FO2Si. The first-order valence-corrected chi connectivity index (χ1v) is 12.8. The normalized spacial score (nSPS) is 16.6. The van der Waals surface area contributed by atoms with E-state index in [1.165, 1.54) is 0 Å². The monoisotopic (exact) mass is 386 g/mol. The molecule has 0 aromatic heterocycles. The van der Waals surface area contributed by atoms with E-state index in [4.69, 9.17) is 9.47 Å². The SMILES string of the molecule is C[SiH](C)C(C)(C)COCC1Cc2ccc(OCc3ccccc3)c(F)c2C1. The van der Waals surface area contributed by atoms with Gasteiger partial charge in [0.05, 0.1) is 6.61 Å². The Morgan fingerprint density at radius 2 is 1.81 bits per heavy atom. The Morgan fingerprint density at radius 1 is 1.07 bits per heavy atom. The highest BCUT2D eigenvalue weighted by molar-refractivity contribution is 6.59. The summed E-state index contributed by atoms with van der Waals surface area (Å²) in [5.41, 5.74) is 2.96. The van der Waals surface area contributed by atoms with Crippen molar-refractivity contribution in [1.29, 1.82) is 0 Å². The van der Waals surface area contributed by atoms with Gasteiger partial charge < -0.3 is 9.47 Å². The van der Waals surface area contributed by atoms with Gasteiger partial charge in [-0.05, 0) is 46.6 Å². The Morgan fingerprint density at radius 3 is 2.52 bits per heavy atom. The van der Waals surface area contributed by atoms with E-state index in [1.54, 1.807) is 6.07 Å². The lowest BCUT2D eigenvalue weighted by atomic mass is 10.1. The number of rotatable bonds is 8. The summed E-state index contributed by atoms with van der Waals surface area (Å²) in [5, 5.41) is 0.301. The summed E-state index contributed by atoms with van der Waals surface area (Å²) in [6.45, 7) is 11.2. The molecule has 0 N–H and O–H groups in total. The molecule has 0 saturated carbocycles. The predicted octanol–water partition coefficient (Wildman–Crippen LogP) is 5.40. The van der Waals surface area contributed by atoms with Crippen LogP contribution < -0.4 is 4.74 Å². The standard InChI is InChI=1S/C23H31FO2Si/c1-23(2,27(3)4)16-25-14-18-12-19-10-11-21(22(24)20(19)13-18)26-15-17-8-6-5-7-9-17/h5-11,18,27H,12-16H2,1-4H3. The van der Waals surface area contributed by atoms with Crippen LogP contribution in [-0.2, 0) is 24.2 Å². The molecule has 0 bridgehead atoms. The van der Waals surface area contributed by atoms with Crippen LogP contribution in [0.15, 0.2) is 42.5 Å². The molecule has 4 heteroatoms. The minimum absolute atomic E-state index is 0.194. The molecule has 0 saturated heterocycles. The molecule has 0 amide bonds. The third-order valence-electron chi connectivity index (χ3n) is 5.93. The average Bonchev–Trinajstić information content (AvgIpc) is 3.05. The highest BCUT2D eigenvalue weighted by Gasteiger charge is 2.28. The van der Waals surface area contributed by atoms with Gasteiger partial charge in [0.2, 0.25) is 0 Å². The van der Waals surface area contributed by atoms with E-state index in [2.05, 4.69) is 26.9 Å². The Bertz CT molecular complexity index is 758. The largest absolute Gasteiger partial charge is 0.486 e. The molecule has 3 rings (SSSR count). The van der Waals surface area contributed by atoms with E-state index < -0.39 is 8.80 Å². The quantitative estimate of drug-likeness (QED) is 0.565.